The van der Waals surface area contributed by atoms with E-state index in [-0.39, 0.29) is 11.5 Å². The molecule has 37 atom stereocenters. The van der Waals surface area contributed by atoms with Crippen LogP contribution in [-0.2, 0) is 75.9 Å². The zero-order valence-electron chi connectivity index (χ0n) is 46.6. The molecule has 0 aromatic heterocycles. The highest BCUT2D eigenvalue weighted by Gasteiger charge is 2.60. The van der Waals surface area contributed by atoms with E-state index in [0.717, 1.165) is 23.5 Å². The lowest BCUT2D eigenvalue weighted by Crippen LogP contribution is -2.68. The number of aliphatic hydroxyl groups is 19. The third-order valence-electron chi connectivity index (χ3n) is 16.2. The molecular formula is C48H80N2O37S2. The van der Waals surface area contributed by atoms with Gasteiger partial charge in [-0.3, -0.25) is 9.59 Å². The van der Waals surface area contributed by atoms with Gasteiger partial charge in [0, 0.05) is 23.0 Å². The van der Waals surface area contributed by atoms with Gasteiger partial charge in [-0.2, -0.15) is 23.5 Å². The first-order valence-electron chi connectivity index (χ1n) is 28.1. The minimum Gasteiger partial charge on any atom is -0.480 e. The molecule has 25 N–H and O–H groups in total. The topological polar surface area (TPSA) is 640 Å². The number of carboxylic acid groups (broad SMARTS) is 2. The Morgan fingerprint density at radius 3 is 0.596 bits per heavy atom. The highest BCUT2D eigenvalue weighted by atomic mass is 32.2. The van der Waals surface area contributed by atoms with Crippen LogP contribution in [-0.4, -0.2) is 402 Å². The number of hydrogen-bond acceptors (Lipinski definition) is 39. The van der Waals surface area contributed by atoms with Crippen LogP contribution in [0.3, 0.4) is 0 Å². The summed E-state index contributed by atoms with van der Waals surface area (Å²) < 4.78 is 81.6. The van der Waals surface area contributed by atoms with Crippen molar-refractivity contribution in [1.82, 2.24) is 0 Å². The molecule has 516 valence electrons. The number of carboxylic acids is 2. The maximum atomic E-state index is 11.7. The fraction of sp³-hybridized carbons (Fsp3) is 0.958. The zero-order chi connectivity index (χ0) is 65.2. The molecule has 41 heteroatoms. The summed E-state index contributed by atoms with van der Waals surface area (Å²) in [7, 11) is 0. The second kappa shape index (κ2) is 31.9. The normalized spacial score (nSPS) is 50.1. The Bertz CT molecular complexity index is 2200. The molecule has 0 amide bonds. The predicted octanol–water partition coefficient (Wildman–Crippen LogP) is -14.9. The molecule has 21 fully saturated rings. The summed E-state index contributed by atoms with van der Waals surface area (Å²) in [5.74, 6) is -4.26. The average Bonchev–Trinajstić information content (AvgIpc) is 0.983. The van der Waals surface area contributed by atoms with Gasteiger partial charge in [0.1, 0.15) is 171 Å². The van der Waals surface area contributed by atoms with Gasteiger partial charge in [-0.1, -0.05) is 0 Å². The third kappa shape index (κ3) is 15.9. The smallest absolute Gasteiger partial charge is 0.321 e. The summed E-state index contributed by atoms with van der Waals surface area (Å²) >= 11 is 1.60. The van der Waals surface area contributed by atoms with Crippen molar-refractivity contribution in [2.24, 2.45) is 11.5 Å². The Morgan fingerprint density at radius 2 is 0.438 bits per heavy atom. The number of rotatable bonds is 15. The fourth-order valence-electron chi connectivity index (χ4n) is 11.2. The molecule has 89 heavy (non-hydrogen) atoms. The van der Waals surface area contributed by atoms with Crippen molar-refractivity contribution in [3.05, 3.63) is 0 Å². The lowest BCUT2D eigenvalue weighted by Gasteiger charge is -2.50. The SMILES string of the molecule is N[C@H](CSCC1OC2OC3C(CO)OC(OC4C(CO)OC(OC5C(CSC[C@@H](N)C(=O)O)OC(OC6C(CO)OC(OC7C(CO)OC(OC8C(CO)OC(OC1C(O)C2O)C(O)C8O)C(O)C7O)C(O)C6O)C(O)C5O)C(O)C4O)C(O)C3O)C(=O)O. The van der Waals surface area contributed by atoms with Crippen LogP contribution in [0.25, 0.3) is 0 Å². The average molecular weight is 1340 g/mol. The predicted molar refractivity (Wildman–Crippen MR) is 280 cm³/mol. The Kier molecular flexibility index (Phi) is 26.2. The first-order valence-corrected chi connectivity index (χ1v) is 30.4. The Hall–Kier alpha value is -1.76. The second-order valence-corrected chi connectivity index (χ2v) is 24.4. The highest BCUT2D eigenvalue weighted by molar-refractivity contribution is 7.99. The first kappa shape index (κ1) is 73.1. The quantitative estimate of drug-likeness (QED) is 0.0724. The van der Waals surface area contributed by atoms with Crippen molar-refractivity contribution in [1.29, 1.82) is 0 Å². The van der Waals surface area contributed by atoms with Crippen molar-refractivity contribution in [3.63, 3.8) is 0 Å². The largest absolute Gasteiger partial charge is 0.480 e. The molecule has 39 nitrogen and oxygen atoms in total. The molecule has 0 radical (unpaired) electrons. The van der Waals surface area contributed by atoms with Crippen molar-refractivity contribution in [2.45, 2.75) is 227 Å². The number of thioether (sulfide) groups is 2. The van der Waals surface area contributed by atoms with Gasteiger partial charge in [0.2, 0.25) is 0 Å². The lowest BCUT2D eigenvalue weighted by atomic mass is 9.95. The van der Waals surface area contributed by atoms with Crippen LogP contribution in [0.2, 0.25) is 0 Å². The number of aliphatic carboxylic acids is 2. The van der Waals surface area contributed by atoms with Crippen LogP contribution in [0.4, 0.5) is 0 Å². The molecule has 0 aromatic carbocycles. The second-order valence-electron chi connectivity index (χ2n) is 22.3. The van der Waals surface area contributed by atoms with Crippen molar-refractivity contribution in [3.8, 4) is 0 Å². The molecule has 0 saturated carbocycles. The summed E-state index contributed by atoms with van der Waals surface area (Å²) in [6.07, 6.45) is -71.4. The number of aliphatic hydroxyl groups excluding tert-OH is 19. The van der Waals surface area contributed by atoms with Crippen molar-refractivity contribution >= 4 is 35.5 Å². The third-order valence-corrected chi connectivity index (χ3v) is 18.5. The number of ether oxygens (including phenoxy) is 14. The summed E-state index contributed by atoms with van der Waals surface area (Å²) in [6, 6.07) is -2.94. The van der Waals surface area contributed by atoms with E-state index < -0.39 is 284 Å². The van der Waals surface area contributed by atoms with Crippen LogP contribution in [0.5, 0.6) is 0 Å². The van der Waals surface area contributed by atoms with Gasteiger partial charge in [-0.25, -0.2) is 0 Å². The molecule has 14 bridgehead atoms. The monoisotopic (exact) mass is 1340 g/mol. The van der Waals surface area contributed by atoms with Gasteiger partial charge in [0.05, 0.1) is 45.2 Å². The van der Waals surface area contributed by atoms with Crippen LogP contribution in [0.15, 0.2) is 0 Å². The Balaban J connectivity index is 1.11. The summed E-state index contributed by atoms with van der Waals surface area (Å²) in [4.78, 5) is 23.2. The molecule has 21 saturated heterocycles. The maximum absolute atomic E-state index is 11.7. The van der Waals surface area contributed by atoms with Gasteiger partial charge < -0.3 is 185 Å². The molecular weight excluding hydrogens is 1260 g/mol. The summed E-state index contributed by atoms with van der Waals surface area (Å²) in [5, 5.41) is 233. The first-order chi connectivity index (χ1) is 42.2. The summed E-state index contributed by atoms with van der Waals surface area (Å²) in [5.41, 5.74) is 11.4. The van der Waals surface area contributed by atoms with Crippen molar-refractivity contribution < 1.29 is 183 Å². The van der Waals surface area contributed by atoms with Crippen molar-refractivity contribution in [2.75, 3.05) is 56.0 Å². The summed E-state index contributed by atoms with van der Waals surface area (Å²) in [6.45, 7) is -5.43. The number of carbonyl (C=O) groups is 2. The van der Waals surface area contributed by atoms with Crippen LogP contribution >= 0.6 is 23.5 Å². The maximum Gasteiger partial charge on any atom is 0.321 e. The van der Waals surface area contributed by atoms with E-state index in [2.05, 4.69) is 0 Å². The van der Waals surface area contributed by atoms with E-state index in [9.17, 15) is 117 Å². The van der Waals surface area contributed by atoms with E-state index in [0.29, 0.717) is 0 Å². The van der Waals surface area contributed by atoms with Gasteiger partial charge in [0.15, 0.2) is 44.0 Å². The highest BCUT2D eigenvalue weighted by Crippen LogP contribution is 2.40. The molecule has 21 heterocycles. The molecule has 0 aromatic rings. The minimum atomic E-state index is -2.27. The Morgan fingerprint density at radius 1 is 0.281 bits per heavy atom. The number of nitrogens with two attached hydrogens (primary N) is 2. The van der Waals surface area contributed by atoms with E-state index in [1.165, 1.54) is 0 Å². The van der Waals surface area contributed by atoms with E-state index in [1.807, 2.05) is 0 Å². The molecule has 0 spiro atoms. The van der Waals surface area contributed by atoms with E-state index >= 15 is 0 Å². The fourth-order valence-corrected chi connectivity index (χ4v) is 13.2. The van der Waals surface area contributed by atoms with Gasteiger partial charge >= 0.3 is 11.9 Å². The standard InChI is InChI=1S/C48H80N2O37S2/c49-10(40(70)71)6-88-8-17-38-25(62)32(69)48(80-17)85-37-16(5-55)76-44(28(65)21(37)58)83-35-14(3-53)78-46(30(67)23(35)60)87-39-18(9-89-7-11(50)41(72)73)79-47(31(68)24(39)61)84-36-15(4-54)75-43(27(64)20(36)57)81-33-12(1-51)74-42(26(63)19(33)56)82-34-13(2-52)77-45(86-38)29(66)22(34)59/h10-39,42-48,51-69H,1-9,49-50H2,(H,70,71)(H,72,73)/t10-,11-,12?,13?,14?,15?,16?,17?,18?,19?,20?,21?,22?,23?,24?,25?,26?,27?,28?,29?,30?,31?,32?,33?,34?,35?,36?,37?,38?,39?,42?,43?,44?,45?,46?,47?,48?/m1/s1. The molecule has 21 rings (SSSR count). The Labute approximate surface area is 511 Å². The zero-order valence-corrected chi connectivity index (χ0v) is 48.3. The van der Waals surface area contributed by atoms with Gasteiger partial charge in [0.25, 0.3) is 0 Å². The van der Waals surface area contributed by atoms with Gasteiger partial charge in [-0.05, 0) is 0 Å². The lowest BCUT2D eigenvalue weighted by molar-refractivity contribution is -0.395. The molecule has 21 aliphatic heterocycles. The molecule has 21 aliphatic rings. The molecule has 0 aliphatic carbocycles. The van der Waals surface area contributed by atoms with E-state index in [1.54, 1.807) is 0 Å². The van der Waals surface area contributed by atoms with E-state index in [4.69, 9.17) is 77.8 Å². The van der Waals surface area contributed by atoms with Gasteiger partial charge in [-0.15, -0.1) is 0 Å². The number of hydrogen-bond donors (Lipinski definition) is 23. The van der Waals surface area contributed by atoms with Crippen LogP contribution in [0.1, 0.15) is 0 Å². The minimum absolute atomic E-state index is 0.319. The van der Waals surface area contributed by atoms with Crippen LogP contribution in [0, 0.1) is 0 Å². The molecule has 35 unspecified atom stereocenters. The van der Waals surface area contributed by atoms with Crippen LogP contribution < -0.4 is 11.5 Å².